The summed E-state index contributed by atoms with van der Waals surface area (Å²) in [5.41, 5.74) is 3.43. The third kappa shape index (κ3) is 3.62. The molecule has 1 N–H and O–H groups in total. The molecular formula is C15H19BrClN3. The average molecular weight is 357 g/mol. The van der Waals surface area contributed by atoms with Crippen LogP contribution in [0, 0.1) is 6.92 Å². The number of nitrogens with zero attached hydrogens (tertiary/aromatic N) is 2. The van der Waals surface area contributed by atoms with E-state index >= 15 is 0 Å². The molecule has 2 aromatic rings. The lowest BCUT2D eigenvalue weighted by molar-refractivity contribution is 0.547. The van der Waals surface area contributed by atoms with Crippen LogP contribution in [-0.4, -0.2) is 16.3 Å². The Morgan fingerprint density at radius 2 is 2.20 bits per heavy atom. The summed E-state index contributed by atoms with van der Waals surface area (Å²) in [6, 6.07) is 6.27. The van der Waals surface area contributed by atoms with Crippen LogP contribution < -0.4 is 5.32 Å². The lowest BCUT2D eigenvalue weighted by Crippen LogP contribution is -2.23. The number of likely N-dealkylation sites (N-methyl/N-ethyl adjacent to an activating group) is 1. The Kier molecular flexibility index (Phi) is 5.24. The number of aryl methyl sites for hydroxylation is 2. The van der Waals surface area contributed by atoms with E-state index in [0.29, 0.717) is 0 Å². The molecular weight excluding hydrogens is 338 g/mol. The second-order valence-corrected chi connectivity index (χ2v) is 6.22. The molecule has 1 aromatic carbocycles. The lowest BCUT2D eigenvalue weighted by atomic mass is 9.99. The van der Waals surface area contributed by atoms with E-state index in [-0.39, 0.29) is 6.04 Å². The van der Waals surface area contributed by atoms with Crippen LogP contribution in [0.4, 0.5) is 0 Å². The normalized spacial score (nSPS) is 12.7. The molecule has 0 bridgehead atoms. The lowest BCUT2D eigenvalue weighted by Gasteiger charge is -2.18. The summed E-state index contributed by atoms with van der Waals surface area (Å²) < 4.78 is 2.86. The Hall–Kier alpha value is -0.840. The van der Waals surface area contributed by atoms with Gasteiger partial charge in [-0.15, -0.1) is 0 Å². The van der Waals surface area contributed by atoms with E-state index in [2.05, 4.69) is 45.5 Å². The molecule has 0 aliphatic carbocycles. The molecule has 0 aliphatic heterocycles. The molecule has 0 amide bonds. The zero-order chi connectivity index (χ0) is 14.7. The second-order valence-electron chi connectivity index (χ2n) is 4.89. The highest BCUT2D eigenvalue weighted by atomic mass is 79.9. The predicted molar refractivity (Wildman–Crippen MR) is 87.2 cm³/mol. The van der Waals surface area contributed by atoms with Crippen molar-refractivity contribution in [1.82, 2.24) is 15.1 Å². The van der Waals surface area contributed by atoms with Gasteiger partial charge in [-0.05, 0) is 37.6 Å². The van der Waals surface area contributed by atoms with E-state index in [1.165, 1.54) is 5.56 Å². The van der Waals surface area contributed by atoms with Crippen LogP contribution in [0.3, 0.4) is 0 Å². The average Bonchev–Trinajstić information content (AvgIpc) is 2.71. The molecule has 0 saturated heterocycles. The Labute approximate surface area is 133 Å². The number of hydrogen-bond donors (Lipinski definition) is 1. The summed E-state index contributed by atoms with van der Waals surface area (Å²) in [6.07, 6.45) is 2.93. The van der Waals surface area contributed by atoms with E-state index in [1.807, 2.05) is 30.8 Å². The summed E-state index contributed by atoms with van der Waals surface area (Å²) in [4.78, 5) is 0. The van der Waals surface area contributed by atoms with Crippen molar-refractivity contribution in [2.45, 2.75) is 26.3 Å². The van der Waals surface area contributed by atoms with Gasteiger partial charge in [0.1, 0.15) is 0 Å². The first-order chi connectivity index (χ1) is 9.51. The summed E-state index contributed by atoms with van der Waals surface area (Å²) in [7, 11) is 1.95. The van der Waals surface area contributed by atoms with Crippen molar-refractivity contribution >= 4 is 27.5 Å². The molecule has 3 nitrogen and oxygen atoms in total. The molecule has 1 aromatic heterocycles. The molecule has 0 fully saturated rings. The van der Waals surface area contributed by atoms with E-state index in [9.17, 15) is 0 Å². The van der Waals surface area contributed by atoms with Crippen molar-refractivity contribution in [2.75, 3.05) is 6.54 Å². The summed E-state index contributed by atoms with van der Waals surface area (Å²) in [5.74, 6) is 0. The van der Waals surface area contributed by atoms with E-state index < -0.39 is 0 Å². The van der Waals surface area contributed by atoms with Crippen LogP contribution in [0.15, 0.2) is 28.9 Å². The van der Waals surface area contributed by atoms with Crippen molar-refractivity contribution in [3.63, 3.8) is 0 Å². The highest BCUT2D eigenvalue weighted by Gasteiger charge is 2.17. The number of hydrogen-bond acceptors (Lipinski definition) is 2. The van der Waals surface area contributed by atoms with Gasteiger partial charge in [-0.25, -0.2) is 0 Å². The minimum Gasteiger partial charge on any atom is -0.310 e. The predicted octanol–water partition coefficient (Wildman–Crippen LogP) is 4.04. The van der Waals surface area contributed by atoms with Gasteiger partial charge in [-0.2, -0.15) is 5.10 Å². The first-order valence-corrected chi connectivity index (χ1v) is 7.85. The van der Waals surface area contributed by atoms with Gasteiger partial charge < -0.3 is 5.32 Å². The SMILES string of the molecule is CCNC(Cc1ccc(Br)cc1Cl)c1cn(C)nc1C. The number of rotatable bonds is 5. The molecule has 0 saturated carbocycles. The van der Waals surface area contributed by atoms with Gasteiger partial charge in [0.05, 0.1) is 5.69 Å². The Bertz CT molecular complexity index is 595. The van der Waals surface area contributed by atoms with Gasteiger partial charge in [0.2, 0.25) is 0 Å². The molecule has 108 valence electrons. The third-order valence-electron chi connectivity index (χ3n) is 3.32. The highest BCUT2D eigenvalue weighted by Crippen LogP contribution is 2.27. The fraction of sp³-hybridized carbons (Fsp3) is 0.400. The standard InChI is InChI=1S/C15H19BrClN3/c1-4-18-15(13-9-20(3)19-10(13)2)7-11-5-6-12(16)8-14(11)17/h5-6,8-9,15,18H,4,7H2,1-3H3. The van der Waals surface area contributed by atoms with Gasteiger partial charge >= 0.3 is 0 Å². The number of halogens is 2. The first kappa shape index (κ1) is 15.5. The van der Waals surface area contributed by atoms with Crippen LogP contribution in [0.25, 0.3) is 0 Å². The number of aromatic nitrogens is 2. The van der Waals surface area contributed by atoms with E-state index in [4.69, 9.17) is 11.6 Å². The maximum absolute atomic E-state index is 6.33. The van der Waals surface area contributed by atoms with Crippen LogP contribution in [0.5, 0.6) is 0 Å². The topological polar surface area (TPSA) is 29.9 Å². The maximum atomic E-state index is 6.33. The van der Waals surface area contributed by atoms with Crippen molar-refractivity contribution in [3.05, 3.63) is 50.7 Å². The van der Waals surface area contributed by atoms with Crippen LogP contribution in [-0.2, 0) is 13.5 Å². The Morgan fingerprint density at radius 1 is 1.45 bits per heavy atom. The zero-order valence-corrected chi connectivity index (χ0v) is 14.3. The molecule has 5 heteroatoms. The molecule has 1 heterocycles. The Balaban J connectivity index is 2.27. The minimum absolute atomic E-state index is 0.229. The Morgan fingerprint density at radius 3 is 2.75 bits per heavy atom. The first-order valence-electron chi connectivity index (χ1n) is 6.68. The summed E-state index contributed by atoms with van der Waals surface area (Å²) in [5, 5.41) is 8.74. The fourth-order valence-corrected chi connectivity index (χ4v) is 3.16. The monoisotopic (exact) mass is 355 g/mol. The number of nitrogens with one attached hydrogen (secondary N) is 1. The molecule has 0 spiro atoms. The van der Waals surface area contributed by atoms with Crippen molar-refractivity contribution in [1.29, 1.82) is 0 Å². The smallest absolute Gasteiger partial charge is 0.0641 e. The second kappa shape index (κ2) is 6.74. The third-order valence-corrected chi connectivity index (χ3v) is 4.16. The number of benzene rings is 1. The van der Waals surface area contributed by atoms with Gasteiger partial charge in [0.25, 0.3) is 0 Å². The molecule has 20 heavy (non-hydrogen) atoms. The van der Waals surface area contributed by atoms with Gasteiger partial charge in [0.15, 0.2) is 0 Å². The maximum Gasteiger partial charge on any atom is 0.0641 e. The molecule has 0 aliphatic rings. The molecule has 1 atom stereocenters. The molecule has 1 unspecified atom stereocenters. The van der Waals surface area contributed by atoms with Crippen molar-refractivity contribution < 1.29 is 0 Å². The van der Waals surface area contributed by atoms with E-state index in [1.54, 1.807) is 0 Å². The molecule has 0 radical (unpaired) electrons. The fourth-order valence-electron chi connectivity index (χ4n) is 2.41. The largest absolute Gasteiger partial charge is 0.310 e. The minimum atomic E-state index is 0.229. The molecule has 2 rings (SSSR count). The highest BCUT2D eigenvalue weighted by molar-refractivity contribution is 9.10. The van der Waals surface area contributed by atoms with Gasteiger partial charge in [-0.3, -0.25) is 4.68 Å². The zero-order valence-electron chi connectivity index (χ0n) is 12.0. The summed E-state index contributed by atoms with van der Waals surface area (Å²) >= 11 is 9.77. The van der Waals surface area contributed by atoms with E-state index in [0.717, 1.165) is 33.7 Å². The van der Waals surface area contributed by atoms with Gasteiger partial charge in [-0.1, -0.05) is 40.5 Å². The quantitative estimate of drug-likeness (QED) is 0.876. The van der Waals surface area contributed by atoms with Crippen LogP contribution in [0.1, 0.15) is 29.8 Å². The van der Waals surface area contributed by atoms with Crippen molar-refractivity contribution in [2.24, 2.45) is 7.05 Å². The van der Waals surface area contributed by atoms with Gasteiger partial charge in [0, 0.05) is 34.3 Å². The van der Waals surface area contributed by atoms with Crippen molar-refractivity contribution in [3.8, 4) is 0 Å². The summed E-state index contributed by atoms with van der Waals surface area (Å²) in [6.45, 7) is 5.07. The van der Waals surface area contributed by atoms with Crippen LogP contribution in [0.2, 0.25) is 5.02 Å². The van der Waals surface area contributed by atoms with Crippen LogP contribution >= 0.6 is 27.5 Å².